The van der Waals surface area contributed by atoms with Gasteiger partial charge >= 0.3 is 0 Å². The van der Waals surface area contributed by atoms with E-state index < -0.39 is 5.41 Å². The number of rotatable bonds is 4. The third-order valence-corrected chi connectivity index (χ3v) is 6.66. The van der Waals surface area contributed by atoms with Gasteiger partial charge in [-0.15, -0.1) is 0 Å². The fraction of sp³-hybridized carbons (Fsp3) is 0.333. The first-order valence-corrected chi connectivity index (χ1v) is 11.0. The van der Waals surface area contributed by atoms with Crippen molar-refractivity contribution in [1.82, 2.24) is 20.2 Å². The smallest absolute Gasteiger partial charge is 0.237 e. The van der Waals surface area contributed by atoms with Crippen molar-refractivity contribution in [2.45, 2.75) is 39.0 Å². The van der Waals surface area contributed by atoms with Crippen LogP contribution in [0.4, 0.5) is 11.4 Å². The molecule has 0 spiro atoms. The van der Waals surface area contributed by atoms with Crippen molar-refractivity contribution in [3.8, 4) is 11.5 Å². The van der Waals surface area contributed by atoms with Crippen LogP contribution in [0.3, 0.4) is 0 Å². The van der Waals surface area contributed by atoms with E-state index in [0.717, 1.165) is 51.7 Å². The number of H-pyrrole nitrogens is 2. The van der Waals surface area contributed by atoms with Crippen molar-refractivity contribution in [3.63, 3.8) is 0 Å². The molecule has 162 valence electrons. The summed E-state index contributed by atoms with van der Waals surface area (Å²) < 4.78 is 0. The van der Waals surface area contributed by atoms with Gasteiger partial charge < -0.3 is 15.2 Å². The Morgan fingerprint density at radius 3 is 2.78 bits per heavy atom. The Labute approximate surface area is 184 Å². The summed E-state index contributed by atoms with van der Waals surface area (Å²) in [6.45, 7) is 6.54. The van der Waals surface area contributed by atoms with Crippen LogP contribution in [0.25, 0.3) is 33.5 Å². The quantitative estimate of drug-likeness (QED) is 0.455. The molecule has 2 amide bonds. The number of nitrogens with one attached hydrogen (secondary N) is 3. The molecule has 1 fully saturated rings. The highest BCUT2D eigenvalue weighted by Gasteiger charge is 2.43. The van der Waals surface area contributed by atoms with E-state index in [4.69, 9.17) is 4.98 Å². The fourth-order valence-corrected chi connectivity index (χ4v) is 4.62. The SMILES string of the molecule is CCN1C(=O)C(C)(C)c2cc3[nH]c(-c4n[nH]c5ccc(NC(=O)C6CC6)cc45)nc3cc21. The minimum absolute atomic E-state index is 0.0743. The van der Waals surface area contributed by atoms with Crippen LogP contribution in [0.1, 0.15) is 39.2 Å². The van der Waals surface area contributed by atoms with E-state index in [-0.39, 0.29) is 17.7 Å². The molecule has 6 rings (SSSR count). The molecule has 0 radical (unpaired) electrons. The molecule has 3 heterocycles. The van der Waals surface area contributed by atoms with Crippen LogP contribution in [0.15, 0.2) is 30.3 Å². The molecule has 0 atom stereocenters. The van der Waals surface area contributed by atoms with Crippen molar-refractivity contribution in [1.29, 1.82) is 0 Å². The number of aromatic nitrogens is 4. The van der Waals surface area contributed by atoms with E-state index in [1.807, 2.05) is 56.0 Å². The summed E-state index contributed by atoms with van der Waals surface area (Å²) in [6, 6.07) is 9.75. The summed E-state index contributed by atoms with van der Waals surface area (Å²) in [5.41, 5.74) is 5.33. The Morgan fingerprint density at radius 2 is 2.03 bits per heavy atom. The lowest BCUT2D eigenvalue weighted by atomic mass is 9.86. The first kappa shape index (κ1) is 19.0. The molecule has 0 bridgehead atoms. The molecule has 1 aliphatic carbocycles. The molecule has 4 aromatic rings. The Hall–Kier alpha value is -3.68. The number of fused-ring (bicyclic) bond motifs is 3. The topological polar surface area (TPSA) is 107 Å². The number of aromatic amines is 2. The van der Waals surface area contributed by atoms with Gasteiger partial charge in [0.05, 0.1) is 27.7 Å². The van der Waals surface area contributed by atoms with Gasteiger partial charge in [-0.1, -0.05) is 0 Å². The second kappa shape index (κ2) is 6.41. The number of imidazole rings is 1. The molecule has 2 aromatic carbocycles. The minimum atomic E-state index is -0.571. The Bertz CT molecular complexity index is 1430. The fourth-order valence-electron chi connectivity index (χ4n) is 4.62. The molecule has 32 heavy (non-hydrogen) atoms. The third kappa shape index (κ3) is 2.68. The Kier molecular flexibility index (Phi) is 3.82. The monoisotopic (exact) mass is 428 g/mol. The van der Waals surface area contributed by atoms with Crippen molar-refractivity contribution in [2.75, 3.05) is 16.8 Å². The summed E-state index contributed by atoms with van der Waals surface area (Å²) in [5, 5.41) is 11.4. The lowest BCUT2D eigenvalue weighted by Crippen LogP contribution is -2.35. The van der Waals surface area contributed by atoms with Crippen molar-refractivity contribution in [2.24, 2.45) is 5.92 Å². The predicted octanol–water partition coefficient (Wildman–Crippen LogP) is 4.10. The molecule has 2 aliphatic rings. The lowest BCUT2D eigenvalue weighted by molar-refractivity contribution is -0.122. The maximum atomic E-state index is 12.8. The molecule has 0 unspecified atom stereocenters. The number of benzene rings is 2. The predicted molar refractivity (Wildman–Crippen MR) is 124 cm³/mol. The highest BCUT2D eigenvalue weighted by atomic mass is 16.2. The number of likely N-dealkylation sites (N-methyl/N-ethyl adjacent to an activating group) is 1. The number of hydrogen-bond acceptors (Lipinski definition) is 4. The first-order valence-electron chi connectivity index (χ1n) is 11.0. The van der Waals surface area contributed by atoms with Crippen LogP contribution in [-0.2, 0) is 15.0 Å². The van der Waals surface area contributed by atoms with Gasteiger partial charge in [0.25, 0.3) is 0 Å². The maximum absolute atomic E-state index is 12.8. The van der Waals surface area contributed by atoms with E-state index >= 15 is 0 Å². The van der Waals surface area contributed by atoms with Crippen molar-refractivity contribution < 1.29 is 9.59 Å². The van der Waals surface area contributed by atoms with Gasteiger partial charge in [-0.25, -0.2) is 4.98 Å². The number of nitrogens with zero attached hydrogens (tertiary/aromatic N) is 3. The Balaban J connectivity index is 1.43. The summed E-state index contributed by atoms with van der Waals surface area (Å²) in [6.07, 6.45) is 1.93. The zero-order valence-electron chi connectivity index (χ0n) is 18.2. The second-order valence-electron chi connectivity index (χ2n) is 9.24. The molecule has 1 aliphatic heterocycles. The highest BCUT2D eigenvalue weighted by Crippen LogP contribution is 2.43. The summed E-state index contributed by atoms with van der Waals surface area (Å²) in [4.78, 5) is 35.0. The van der Waals surface area contributed by atoms with Crippen LogP contribution < -0.4 is 10.2 Å². The summed E-state index contributed by atoms with van der Waals surface area (Å²) >= 11 is 0. The van der Waals surface area contributed by atoms with Crippen LogP contribution in [0, 0.1) is 5.92 Å². The van der Waals surface area contributed by atoms with E-state index in [9.17, 15) is 9.59 Å². The van der Waals surface area contributed by atoms with Crippen LogP contribution in [0.2, 0.25) is 0 Å². The first-order chi connectivity index (χ1) is 15.4. The molecule has 0 saturated heterocycles. The molecule has 8 heteroatoms. The van der Waals surface area contributed by atoms with Gasteiger partial charge in [0.1, 0.15) is 5.69 Å². The van der Waals surface area contributed by atoms with Gasteiger partial charge in [-0.3, -0.25) is 14.7 Å². The van der Waals surface area contributed by atoms with E-state index in [0.29, 0.717) is 18.1 Å². The molecular formula is C24H24N6O2. The molecular weight excluding hydrogens is 404 g/mol. The number of anilines is 2. The molecule has 1 saturated carbocycles. The van der Waals surface area contributed by atoms with Gasteiger partial charge in [0.15, 0.2) is 5.82 Å². The number of amides is 2. The second-order valence-corrected chi connectivity index (χ2v) is 9.24. The highest BCUT2D eigenvalue weighted by molar-refractivity contribution is 6.09. The number of hydrogen-bond donors (Lipinski definition) is 3. The van der Waals surface area contributed by atoms with Crippen molar-refractivity contribution >= 4 is 45.1 Å². The van der Waals surface area contributed by atoms with Gasteiger partial charge in [-0.2, -0.15) is 5.10 Å². The number of carbonyl (C=O) groups is 2. The zero-order valence-corrected chi connectivity index (χ0v) is 18.2. The average Bonchev–Trinajstić information content (AvgIpc) is 3.37. The maximum Gasteiger partial charge on any atom is 0.237 e. The van der Waals surface area contributed by atoms with Gasteiger partial charge in [-0.05, 0) is 69.5 Å². The standard InChI is InChI=1S/C24H24N6O2/c1-4-30-19-11-18-17(10-15(19)24(2,3)23(30)32)26-21(27-18)20-14-9-13(7-8-16(14)28-29-20)25-22(31)12-5-6-12/h7-12H,4-6H2,1-3H3,(H,25,31)(H,26,27)(H,28,29). The van der Waals surface area contributed by atoms with E-state index in [1.54, 1.807) is 0 Å². The van der Waals surface area contributed by atoms with Gasteiger partial charge in [0.2, 0.25) is 11.8 Å². The summed E-state index contributed by atoms with van der Waals surface area (Å²) in [5.74, 6) is 0.977. The van der Waals surface area contributed by atoms with Crippen LogP contribution in [-0.4, -0.2) is 38.5 Å². The third-order valence-electron chi connectivity index (χ3n) is 6.66. The summed E-state index contributed by atoms with van der Waals surface area (Å²) in [7, 11) is 0. The van der Waals surface area contributed by atoms with E-state index in [1.165, 1.54) is 0 Å². The Morgan fingerprint density at radius 1 is 1.22 bits per heavy atom. The molecule has 2 aromatic heterocycles. The average molecular weight is 428 g/mol. The van der Waals surface area contributed by atoms with Crippen molar-refractivity contribution in [3.05, 3.63) is 35.9 Å². The molecule has 3 N–H and O–H groups in total. The largest absolute Gasteiger partial charge is 0.337 e. The minimum Gasteiger partial charge on any atom is -0.337 e. The van der Waals surface area contributed by atoms with Crippen LogP contribution >= 0.6 is 0 Å². The van der Waals surface area contributed by atoms with Crippen LogP contribution in [0.5, 0.6) is 0 Å². The molecule has 8 nitrogen and oxygen atoms in total. The zero-order chi connectivity index (χ0) is 22.2. The normalized spacial score (nSPS) is 17.3. The number of carbonyl (C=O) groups excluding carboxylic acids is 2. The van der Waals surface area contributed by atoms with E-state index in [2.05, 4.69) is 20.5 Å². The lowest BCUT2D eigenvalue weighted by Gasteiger charge is -2.18. The van der Waals surface area contributed by atoms with Gasteiger partial charge in [0, 0.05) is 23.5 Å².